The van der Waals surface area contributed by atoms with Crippen LogP contribution in [0.2, 0.25) is 0 Å². The van der Waals surface area contributed by atoms with Crippen LogP contribution in [0.4, 0.5) is 0 Å². The van der Waals surface area contributed by atoms with E-state index in [1.807, 2.05) is 12.1 Å². The Morgan fingerprint density at radius 1 is 1.27 bits per heavy atom. The van der Waals surface area contributed by atoms with Crippen LogP contribution in [0, 0.1) is 0 Å². The number of pyridine rings is 1. The number of ketones is 1. The molecule has 3 aromatic heterocycles. The van der Waals surface area contributed by atoms with Gasteiger partial charge in [0.05, 0.1) is 5.69 Å². The van der Waals surface area contributed by atoms with Crippen molar-refractivity contribution in [2.45, 2.75) is 6.42 Å². The van der Waals surface area contributed by atoms with E-state index in [9.17, 15) is 9.90 Å². The minimum absolute atomic E-state index is 0.0510. The zero-order valence-electron chi connectivity index (χ0n) is 11.3. The van der Waals surface area contributed by atoms with Gasteiger partial charge < -0.3 is 5.11 Å². The first-order valence-electron chi connectivity index (χ1n) is 6.34. The summed E-state index contributed by atoms with van der Waals surface area (Å²) >= 11 is 0. The number of aromatic amines is 2. The Kier molecular flexibility index (Phi) is 3.69. The SMILES string of the molecule is O=C(C=C(O)c1nn[nH]n1)c1cc(Cc2ccncc2)n[nH]1. The van der Waals surface area contributed by atoms with Gasteiger partial charge in [0.25, 0.3) is 0 Å². The van der Waals surface area contributed by atoms with Gasteiger partial charge in [-0.05, 0) is 29.0 Å². The van der Waals surface area contributed by atoms with Crippen LogP contribution in [0.15, 0.2) is 36.7 Å². The van der Waals surface area contributed by atoms with Crippen LogP contribution in [0.1, 0.15) is 27.6 Å². The molecule has 3 aromatic rings. The van der Waals surface area contributed by atoms with Crippen molar-refractivity contribution in [1.82, 2.24) is 35.8 Å². The van der Waals surface area contributed by atoms with Gasteiger partial charge in [-0.2, -0.15) is 10.3 Å². The third-order valence-electron chi connectivity index (χ3n) is 2.87. The van der Waals surface area contributed by atoms with Gasteiger partial charge in [0, 0.05) is 24.9 Å². The smallest absolute Gasteiger partial charge is 0.239 e. The highest BCUT2D eigenvalue weighted by atomic mass is 16.3. The number of hydrogen-bond donors (Lipinski definition) is 3. The maximum absolute atomic E-state index is 12.0. The molecule has 22 heavy (non-hydrogen) atoms. The van der Waals surface area contributed by atoms with Gasteiger partial charge in [-0.15, -0.1) is 10.2 Å². The number of carbonyl (C=O) groups is 1. The van der Waals surface area contributed by atoms with E-state index < -0.39 is 5.78 Å². The molecule has 0 radical (unpaired) electrons. The van der Waals surface area contributed by atoms with E-state index in [4.69, 9.17) is 0 Å². The predicted octanol–water partition coefficient (Wildman–Crippen LogP) is 0.690. The molecule has 0 aliphatic rings. The second kappa shape index (κ2) is 5.95. The summed E-state index contributed by atoms with van der Waals surface area (Å²) < 4.78 is 0. The first-order valence-corrected chi connectivity index (χ1v) is 6.34. The summed E-state index contributed by atoms with van der Waals surface area (Å²) in [4.78, 5) is 16.0. The second-order valence-electron chi connectivity index (χ2n) is 4.43. The first kappa shape index (κ1) is 13.6. The molecule has 0 aliphatic carbocycles. The Balaban J connectivity index is 1.73. The summed E-state index contributed by atoms with van der Waals surface area (Å²) in [5.74, 6) is -0.857. The number of hydrogen-bond acceptors (Lipinski definition) is 7. The molecule has 9 heteroatoms. The number of tetrazole rings is 1. The Morgan fingerprint density at radius 3 is 2.82 bits per heavy atom. The molecular formula is C13H11N7O2. The van der Waals surface area contributed by atoms with Crippen molar-refractivity contribution in [1.29, 1.82) is 0 Å². The quantitative estimate of drug-likeness (QED) is 0.358. The maximum Gasteiger partial charge on any atom is 0.239 e. The Labute approximate surface area is 124 Å². The standard InChI is InChI=1S/C13H11N7O2/c21-11(7-12(22)13-17-19-20-18-13)10-6-9(15-16-10)5-8-1-3-14-4-2-8/h1-4,6-7,22H,5H2,(H,15,16)(H,17,18,19,20). The number of aliphatic hydroxyl groups excluding tert-OH is 1. The van der Waals surface area contributed by atoms with Gasteiger partial charge in [-0.3, -0.25) is 14.9 Å². The van der Waals surface area contributed by atoms with Crippen LogP contribution in [-0.4, -0.2) is 46.7 Å². The normalized spacial score (nSPS) is 11.5. The van der Waals surface area contributed by atoms with E-state index in [1.165, 1.54) is 0 Å². The lowest BCUT2D eigenvalue weighted by atomic mass is 10.1. The molecule has 0 spiro atoms. The van der Waals surface area contributed by atoms with Crippen molar-refractivity contribution in [3.05, 3.63) is 59.4 Å². The number of allylic oxidation sites excluding steroid dienone is 1. The summed E-state index contributed by atoms with van der Waals surface area (Å²) in [6.07, 6.45) is 4.97. The number of H-pyrrole nitrogens is 2. The fourth-order valence-corrected chi connectivity index (χ4v) is 1.83. The van der Waals surface area contributed by atoms with Gasteiger partial charge in [-0.1, -0.05) is 0 Å². The van der Waals surface area contributed by atoms with E-state index in [-0.39, 0.29) is 17.3 Å². The van der Waals surface area contributed by atoms with E-state index in [0.717, 1.165) is 11.6 Å². The molecule has 0 aromatic carbocycles. The topological polar surface area (TPSA) is 133 Å². The molecule has 9 nitrogen and oxygen atoms in total. The zero-order chi connectivity index (χ0) is 15.4. The van der Waals surface area contributed by atoms with Crippen LogP contribution >= 0.6 is 0 Å². The zero-order valence-corrected chi connectivity index (χ0v) is 11.3. The van der Waals surface area contributed by atoms with E-state index in [2.05, 4.69) is 35.8 Å². The number of aliphatic hydroxyl groups is 1. The number of aromatic nitrogens is 7. The third-order valence-corrected chi connectivity index (χ3v) is 2.87. The van der Waals surface area contributed by atoms with E-state index in [1.54, 1.807) is 18.5 Å². The number of nitrogens with zero attached hydrogens (tertiary/aromatic N) is 5. The average Bonchev–Trinajstić information content (AvgIpc) is 3.19. The van der Waals surface area contributed by atoms with Gasteiger partial charge in [0.2, 0.25) is 11.6 Å². The lowest BCUT2D eigenvalue weighted by Crippen LogP contribution is -1.98. The van der Waals surface area contributed by atoms with Crippen molar-refractivity contribution in [2.75, 3.05) is 0 Å². The number of rotatable bonds is 5. The van der Waals surface area contributed by atoms with Crippen LogP contribution in [0.25, 0.3) is 5.76 Å². The van der Waals surface area contributed by atoms with Crippen LogP contribution in [-0.2, 0) is 6.42 Å². The van der Waals surface area contributed by atoms with E-state index in [0.29, 0.717) is 12.1 Å². The van der Waals surface area contributed by atoms with Crippen LogP contribution in [0.3, 0.4) is 0 Å². The lowest BCUT2D eigenvalue weighted by molar-refractivity contribution is 0.104. The maximum atomic E-state index is 12.0. The minimum Gasteiger partial charge on any atom is -0.504 e. The third kappa shape index (κ3) is 3.03. The summed E-state index contributed by atoms with van der Waals surface area (Å²) in [7, 11) is 0. The van der Waals surface area contributed by atoms with Crippen molar-refractivity contribution < 1.29 is 9.90 Å². The highest BCUT2D eigenvalue weighted by Gasteiger charge is 2.12. The Morgan fingerprint density at radius 2 is 2.09 bits per heavy atom. The molecule has 0 amide bonds. The summed E-state index contributed by atoms with van der Waals surface area (Å²) in [5, 5.41) is 29.1. The van der Waals surface area contributed by atoms with Crippen molar-refractivity contribution in [3.63, 3.8) is 0 Å². The van der Waals surface area contributed by atoms with Gasteiger partial charge in [-0.25, -0.2) is 0 Å². The fraction of sp³-hybridized carbons (Fsp3) is 0.0769. The van der Waals surface area contributed by atoms with E-state index >= 15 is 0 Å². The van der Waals surface area contributed by atoms with Crippen molar-refractivity contribution in [3.8, 4) is 0 Å². The molecule has 0 unspecified atom stereocenters. The Hall–Kier alpha value is -3.36. The molecule has 110 valence electrons. The average molecular weight is 297 g/mol. The number of carbonyl (C=O) groups excluding carboxylic acids is 1. The highest BCUT2D eigenvalue weighted by molar-refractivity contribution is 6.06. The van der Waals surface area contributed by atoms with Crippen molar-refractivity contribution >= 4 is 11.5 Å². The molecule has 0 aliphatic heterocycles. The molecule has 0 bridgehead atoms. The fourth-order valence-electron chi connectivity index (χ4n) is 1.83. The van der Waals surface area contributed by atoms with Gasteiger partial charge in [0.15, 0.2) is 5.76 Å². The van der Waals surface area contributed by atoms with Crippen molar-refractivity contribution in [2.24, 2.45) is 0 Å². The second-order valence-corrected chi connectivity index (χ2v) is 4.43. The lowest BCUT2D eigenvalue weighted by Gasteiger charge is -1.95. The number of nitrogens with one attached hydrogen (secondary N) is 2. The summed E-state index contributed by atoms with van der Waals surface area (Å²) in [5.41, 5.74) is 2.01. The first-order chi connectivity index (χ1) is 10.7. The molecule has 3 N–H and O–H groups in total. The molecule has 0 saturated carbocycles. The summed E-state index contributed by atoms with van der Waals surface area (Å²) in [6.45, 7) is 0. The molecule has 0 atom stereocenters. The Bertz CT molecular complexity index is 793. The molecular weight excluding hydrogens is 286 g/mol. The largest absolute Gasteiger partial charge is 0.504 e. The molecule has 3 rings (SSSR count). The van der Waals surface area contributed by atoms with Crippen LogP contribution < -0.4 is 0 Å². The van der Waals surface area contributed by atoms with Crippen LogP contribution in [0.5, 0.6) is 0 Å². The molecule has 0 fully saturated rings. The molecule has 3 heterocycles. The predicted molar refractivity (Wildman–Crippen MR) is 74.7 cm³/mol. The van der Waals surface area contributed by atoms with Gasteiger partial charge in [0.1, 0.15) is 5.69 Å². The molecule has 0 saturated heterocycles. The highest BCUT2D eigenvalue weighted by Crippen LogP contribution is 2.10. The summed E-state index contributed by atoms with van der Waals surface area (Å²) in [6, 6.07) is 5.37. The monoisotopic (exact) mass is 297 g/mol. The minimum atomic E-state index is -0.434. The van der Waals surface area contributed by atoms with Gasteiger partial charge >= 0.3 is 0 Å².